The molecule has 0 aliphatic carbocycles. The van der Waals surface area contributed by atoms with Crippen molar-refractivity contribution in [1.29, 1.82) is 0 Å². The Hall–Kier alpha value is -5.51. The van der Waals surface area contributed by atoms with Crippen molar-refractivity contribution in [1.82, 2.24) is 19.3 Å². The van der Waals surface area contributed by atoms with E-state index >= 15 is 0 Å². The third-order valence-electron chi connectivity index (χ3n) is 11.5. The molecule has 0 atom stereocenters. The quantitative estimate of drug-likeness (QED) is 0.177. The van der Waals surface area contributed by atoms with E-state index in [1.165, 1.54) is 75.7 Å². The zero-order valence-corrected chi connectivity index (χ0v) is 29.7. The Kier molecular flexibility index (Phi) is 5.12. The molecule has 2 aliphatic heterocycles. The molecule has 0 spiro atoms. The molecule has 0 fully saturated rings. The van der Waals surface area contributed by atoms with Crippen LogP contribution in [0.4, 0.5) is 0 Å². The lowest BCUT2D eigenvalue weighted by Gasteiger charge is -2.34. The van der Waals surface area contributed by atoms with Crippen molar-refractivity contribution >= 4 is 80.5 Å². The predicted octanol–water partition coefficient (Wildman–Crippen LogP) is 7.87. The van der Waals surface area contributed by atoms with Crippen molar-refractivity contribution in [3.05, 3.63) is 121 Å². The molecule has 0 amide bonds. The number of para-hydroxylation sites is 5. The summed E-state index contributed by atoms with van der Waals surface area (Å²) in [6.07, 6.45) is 0. The van der Waals surface area contributed by atoms with Crippen LogP contribution in [-0.4, -0.2) is 35.5 Å². The highest BCUT2D eigenvalue weighted by Crippen LogP contribution is 2.40. The molecule has 3 aromatic heterocycles. The van der Waals surface area contributed by atoms with Gasteiger partial charge in [0, 0.05) is 32.8 Å². The first-order valence-electron chi connectivity index (χ1n) is 17.0. The van der Waals surface area contributed by atoms with E-state index in [0.717, 1.165) is 11.1 Å². The molecule has 11 rings (SSSR count). The fourth-order valence-electron chi connectivity index (χ4n) is 9.11. The second-order valence-electron chi connectivity index (χ2n) is 14.7. The highest BCUT2D eigenvalue weighted by Gasteiger charge is 2.39. The first-order valence-corrected chi connectivity index (χ1v) is 23.0. The molecule has 0 saturated carbocycles. The van der Waals surface area contributed by atoms with E-state index in [0.29, 0.717) is 11.8 Å². The lowest BCUT2D eigenvalue weighted by Crippen LogP contribution is -2.57. The highest BCUT2D eigenvalue weighted by atomic mass is 28.3. The molecule has 0 unspecified atom stereocenters. The number of aromatic nitrogens is 4. The van der Waals surface area contributed by atoms with Crippen LogP contribution in [0, 0.1) is 0 Å². The summed E-state index contributed by atoms with van der Waals surface area (Å²) in [5.41, 5.74) is 9.40. The fourth-order valence-corrected chi connectivity index (χ4v) is 15.1. The summed E-state index contributed by atoms with van der Waals surface area (Å²) in [6, 6.07) is 44.6. The largest absolute Gasteiger partial charge is 0.416 e. The Bertz CT molecular complexity index is 2910. The molecule has 9 aromatic rings. The van der Waals surface area contributed by atoms with Crippen LogP contribution < -0.4 is 20.7 Å². The zero-order chi connectivity index (χ0) is 32.8. The van der Waals surface area contributed by atoms with E-state index in [9.17, 15) is 0 Å². The highest BCUT2D eigenvalue weighted by molar-refractivity contribution is 7.03. The average molecular weight is 665 g/mol. The smallest absolute Gasteiger partial charge is 0.250 e. The zero-order valence-electron chi connectivity index (χ0n) is 27.7. The third kappa shape index (κ3) is 3.34. The summed E-state index contributed by atoms with van der Waals surface area (Å²) in [5.74, 6) is 1.09. The van der Waals surface area contributed by atoms with Gasteiger partial charge < -0.3 is 13.6 Å². The van der Waals surface area contributed by atoms with Gasteiger partial charge in [-0.05, 0) is 51.1 Å². The molecular formula is C42H32N4OSi2. The van der Waals surface area contributed by atoms with Crippen molar-refractivity contribution < 1.29 is 4.42 Å². The van der Waals surface area contributed by atoms with Gasteiger partial charge in [-0.3, -0.25) is 0 Å². The minimum absolute atomic E-state index is 0.539. The number of fused-ring (bicyclic) bond motifs is 10. The van der Waals surface area contributed by atoms with Gasteiger partial charge in [-0.1, -0.05) is 117 Å². The van der Waals surface area contributed by atoms with Crippen LogP contribution in [0.1, 0.15) is 0 Å². The number of rotatable bonds is 2. The second kappa shape index (κ2) is 9.13. The van der Waals surface area contributed by atoms with Crippen molar-refractivity contribution in [2.24, 2.45) is 0 Å². The molecule has 7 heteroatoms. The standard InChI is InChI=1S/C42H32N4OSi2/c1-48(2)34-23-22-25(24-33(34)45-31-17-7-5-12-26(31)28-14-9-19-35(48)38(28)45)41-43-44-42(47-41)30-16-11-21-37-40(30)46-32-18-8-6-13-27(32)29-15-10-20-36(39(29)46)49(37,3)4/h5-24H,1-4H3. The molecule has 0 bridgehead atoms. The summed E-state index contributed by atoms with van der Waals surface area (Å²) < 4.78 is 11.6. The molecule has 5 nitrogen and oxygen atoms in total. The van der Waals surface area contributed by atoms with Crippen molar-refractivity contribution in [2.45, 2.75) is 26.2 Å². The van der Waals surface area contributed by atoms with Gasteiger partial charge in [-0.2, -0.15) is 0 Å². The van der Waals surface area contributed by atoms with Gasteiger partial charge in [-0.15, -0.1) is 10.2 Å². The summed E-state index contributed by atoms with van der Waals surface area (Å²) in [7, 11) is -4.03. The second-order valence-corrected chi connectivity index (χ2v) is 23.4. The Labute approximate surface area is 285 Å². The minimum Gasteiger partial charge on any atom is -0.416 e. The molecule has 234 valence electrons. The van der Waals surface area contributed by atoms with E-state index in [4.69, 9.17) is 14.6 Å². The van der Waals surface area contributed by atoms with E-state index < -0.39 is 16.1 Å². The molecule has 5 heterocycles. The molecular weight excluding hydrogens is 633 g/mol. The Morgan fingerprint density at radius 3 is 1.76 bits per heavy atom. The van der Waals surface area contributed by atoms with Gasteiger partial charge >= 0.3 is 0 Å². The van der Waals surface area contributed by atoms with Gasteiger partial charge in [-0.25, -0.2) is 0 Å². The average Bonchev–Trinajstić information content (AvgIpc) is 3.83. The van der Waals surface area contributed by atoms with Gasteiger partial charge in [0.1, 0.15) is 16.1 Å². The van der Waals surface area contributed by atoms with Gasteiger partial charge in [0.05, 0.1) is 33.3 Å². The summed E-state index contributed by atoms with van der Waals surface area (Å²) in [5, 5.41) is 20.4. The summed E-state index contributed by atoms with van der Waals surface area (Å²) in [4.78, 5) is 0. The SMILES string of the molecule is C[Si]1(C)c2ccc(-c3nnc(-c4cccc5c4-n4c6ccccc6c6cccc(c64)[Si]5(C)C)o3)cc2-n2c3ccccc3c3cccc1c32. The molecule has 6 aromatic carbocycles. The summed E-state index contributed by atoms with van der Waals surface area (Å²) in [6.45, 7) is 9.86. The topological polar surface area (TPSA) is 48.8 Å². The maximum absolute atomic E-state index is 6.70. The van der Waals surface area contributed by atoms with Crippen LogP contribution in [0.15, 0.2) is 126 Å². The van der Waals surface area contributed by atoms with Crippen LogP contribution in [0.25, 0.3) is 77.9 Å². The molecule has 2 aliphatic rings. The molecule has 0 saturated heterocycles. The van der Waals surface area contributed by atoms with Crippen LogP contribution >= 0.6 is 0 Å². The maximum Gasteiger partial charge on any atom is 0.250 e. The van der Waals surface area contributed by atoms with Crippen molar-refractivity contribution in [3.8, 4) is 34.3 Å². The first kappa shape index (κ1) is 27.4. The first-order chi connectivity index (χ1) is 23.8. The maximum atomic E-state index is 6.70. The lowest BCUT2D eigenvalue weighted by molar-refractivity contribution is 0.584. The minimum atomic E-state index is -2.05. The fraction of sp³-hybridized carbons (Fsp3) is 0.0952. The Morgan fingerprint density at radius 1 is 0.490 bits per heavy atom. The Balaban J connectivity index is 1.12. The predicted molar refractivity (Wildman–Crippen MR) is 207 cm³/mol. The van der Waals surface area contributed by atoms with E-state index in [1.54, 1.807) is 0 Å². The van der Waals surface area contributed by atoms with Gasteiger partial charge in [0.15, 0.2) is 0 Å². The van der Waals surface area contributed by atoms with Crippen LogP contribution in [0.5, 0.6) is 0 Å². The third-order valence-corrected chi connectivity index (χ3v) is 18.5. The molecule has 0 radical (unpaired) electrons. The normalized spacial score (nSPS) is 15.3. The van der Waals surface area contributed by atoms with Gasteiger partial charge in [0.2, 0.25) is 11.8 Å². The summed E-state index contributed by atoms with van der Waals surface area (Å²) >= 11 is 0. The van der Waals surface area contributed by atoms with Crippen molar-refractivity contribution in [2.75, 3.05) is 0 Å². The van der Waals surface area contributed by atoms with Crippen LogP contribution in [0.3, 0.4) is 0 Å². The van der Waals surface area contributed by atoms with E-state index in [1.807, 2.05) is 0 Å². The lowest BCUT2D eigenvalue weighted by atomic mass is 10.1. The van der Waals surface area contributed by atoms with Gasteiger partial charge in [0.25, 0.3) is 0 Å². The number of hydrogen-bond acceptors (Lipinski definition) is 3. The molecule has 49 heavy (non-hydrogen) atoms. The number of nitrogens with zero attached hydrogens (tertiary/aromatic N) is 4. The van der Waals surface area contributed by atoms with Crippen molar-refractivity contribution in [3.63, 3.8) is 0 Å². The Morgan fingerprint density at radius 2 is 1.04 bits per heavy atom. The number of hydrogen-bond donors (Lipinski definition) is 0. The van der Waals surface area contributed by atoms with Crippen LogP contribution in [-0.2, 0) is 0 Å². The van der Waals surface area contributed by atoms with E-state index in [-0.39, 0.29) is 0 Å². The monoisotopic (exact) mass is 664 g/mol. The molecule has 0 N–H and O–H groups in total. The van der Waals surface area contributed by atoms with Crippen LogP contribution in [0.2, 0.25) is 26.2 Å². The number of benzene rings is 6. The van der Waals surface area contributed by atoms with E-state index in [2.05, 4.69) is 157 Å².